The third kappa shape index (κ3) is 2.77. The SMILES string of the molecule is CC(=O)CS(=O)c1ccc(C)c(C)c1. The van der Waals surface area contributed by atoms with E-state index in [-0.39, 0.29) is 11.5 Å². The summed E-state index contributed by atoms with van der Waals surface area (Å²) in [6.45, 7) is 5.44. The van der Waals surface area contributed by atoms with Gasteiger partial charge in [0.2, 0.25) is 0 Å². The molecule has 76 valence electrons. The Morgan fingerprint density at radius 3 is 2.43 bits per heavy atom. The number of ketones is 1. The summed E-state index contributed by atoms with van der Waals surface area (Å²) >= 11 is 0. The molecule has 0 heterocycles. The fourth-order valence-corrected chi connectivity index (χ4v) is 2.19. The second-order valence-electron chi connectivity index (χ2n) is 3.44. The van der Waals surface area contributed by atoms with Crippen molar-refractivity contribution in [3.63, 3.8) is 0 Å². The van der Waals surface area contributed by atoms with Gasteiger partial charge < -0.3 is 0 Å². The van der Waals surface area contributed by atoms with Crippen molar-refractivity contribution in [1.29, 1.82) is 0 Å². The zero-order valence-corrected chi connectivity index (χ0v) is 9.48. The molecule has 0 amide bonds. The van der Waals surface area contributed by atoms with Crippen molar-refractivity contribution in [2.75, 3.05) is 5.75 Å². The molecule has 0 aliphatic heterocycles. The highest BCUT2D eigenvalue weighted by atomic mass is 32.2. The van der Waals surface area contributed by atoms with Crippen LogP contribution in [-0.2, 0) is 15.6 Å². The van der Waals surface area contributed by atoms with Gasteiger partial charge in [-0.05, 0) is 44.0 Å². The van der Waals surface area contributed by atoms with Gasteiger partial charge in [0.05, 0.1) is 16.6 Å². The zero-order chi connectivity index (χ0) is 10.7. The summed E-state index contributed by atoms with van der Waals surface area (Å²) < 4.78 is 11.6. The van der Waals surface area contributed by atoms with Crippen molar-refractivity contribution < 1.29 is 9.00 Å². The number of hydrogen-bond donors (Lipinski definition) is 0. The molecule has 3 heteroatoms. The van der Waals surface area contributed by atoms with Crippen molar-refractivity contribution in [2.45, 2.75) is 25.7 Å². The normalized spacial score (nSPS) is 12.5. The molecule has 0 bridgehead atoms. The van der Waals surface area contributed by atoms with Crippen LogP contribution >= 0.6 is 0 Å². The molecule has 0 saturated heterocycles. The molecule has 1 unspecified atom stereocenters. The van der Waals surface area contributed by atoms with E-state index in [2.05, 4.69) is 0 Å². The third-order valence-electron chi connectivity index (χ3n) is 2.08. The Hall–Kier alpha value is -0.960. The predicted molar refractivity (Wildman–Crippen MR) is 57.9 cm³/mol. The number of carbonyl (C=O) groups is 1. The molecular formula is C11H14O2S. The Morgan fingerprint density at radius 1 is 1.29 bits per heavy atom. The van der Waals surface area contributed by atoms with Crippen LogP contribution in [0.5, 0.6) is 0 Å². The lowest BCUT2D eigenvalue weighted by Gasteiger charge is -2.03. The molecule has 1 atom stereocenters. The summed E-state index contributed by atoms with van der Waals surface area (Å²) in [4.78, 5) is 11.5. The molecule has 1 rings (SSSR count). The molecule has 0 fully saturated rings. The molecule has 0 spiro atoms. The van der Waals surface area contributed by atoms with Crippen LogP contribution in [-0.4, -0.2) is 15.7 Å². The maximum absolute atomic E-state index is 11.6. The van der Waals surface area contributed by atoms with E-state index in [0.717, 1.165) is 10.5 Å². The summed E-state index contributed by atoms with van der Waals surface area (Å²) in [7, 11) is -1.18. The topological polar surface area (TPSA) is 34.1 Å². The van der Waals surface area contributed by atoms with Crippen LogP contribution in [0.15, 0.2) is 23.1 Å². The molecule has 0 saturated carbocycles. The maximum atomic E-state index is 11.6. The van der Waals surface area contributed by atoms with Crippen LogP contribution in [0.4, 0.5) is 0 Å². The van der Waals surface area contributed by atoms with Gasteiger partial charge in [-0.1, -0.05) is 6.07 Å². The van der Waals surface area contributed by atoms with E-state index >= 15 is 0 Å². The standard InChI is InChI=1S/C11H14O2S/c1-8-4-5-11(6-9(8)2)14(13)7-10(3)12/h4-6H,7H2,1-3H3. The minimum Gasteiger partial charge on any atom is -0.299 e. The van der Waals surface area contributed by atoms with Crippen LogP contribution in [0.2, 0.25) is 0 Å². The number of aryl methyl sites for hydroxylation is 2. The fraction of sp³-hybridized carbons (Fsp3) is 0.364. The highest BCUT2D eigenvalue weighted by Crippen LogP contribution is 2.13. The van der Waals surface area contributed by atoms with E-state index in [1.165, 1.54) is 12.5 Å². The molecule has 0 radical (unpaired) electrons. The average Bonchev–Trinajstić information content (AvgIpc) is 2.08. The predicted octanol–water partition coefficient (Wildman–Crippen LogP) is 2.00. The minimum absolute atomic E-state index is 0.0402. The lowest BCUT2D eigenvalue weighted by molar-refractivity contribution is -0.114. The molecule has 0 aliphatic carbocycles. The van der Waals surface area contributed by atoms with Crippen LogP contribution in [0, 0.1) is 13.8 Å². The van der Waals surface area contributed by atoms with Gasteiger partial charge in [0.15, 0.2) is 0 Å². The van der Waals surface area contributed by atoms with Gasteiger partial charge in [0.1, 0.15) is 5.78 Å². The lowest BCUT2D eigenvalue weighted by atomic mass is 10.1. The highest BCUT2D eigenvalue weighted by Gasteiger charge is 2.07. The van der Waals surface area contributed by atoms with Crippen molar-refractivity contribution >= 4 is 16.6 Å². The first-order valence-corrected chi connectivity index (χ1v) is 5.77. The number of carbonyl (C=O) groups excluding carboxylic acids is 1. The van der Waals surface area contributed by atoms with Crippen molar-refractivity contribution in [3.8, 4) is 0 Å². The molecule has 2 nitrogen and oxygen atoms in total. The van der Waals surface area contributed by atoms with E-state index in [1.807, 2.05) is 32.0 Å². The van der Waals surface area contributed by atoms with Gasteiger partial charge in [0, 0.05) is 4.90 Å². The van der Waals surface area contributed by atoms with Gasteiger partial charge in [-0.3, -0.25) is 9.00 Å². The summed E-state index contributed by atoms with van der Waals surface area (Å²) in [5.41, 5.74) is 2.29. The van der Waals surface area contributed by atoms with Crippen LogP contribution < -0.4 is 0 Å². The zero-order valence-electron chi connectivity index (χ0n) is 8.66. The Labute approximate surface area is 86.8 Å². The molecular weight excluding hydrogens is 196 g/mol. The quantitative estimate of drug-likeness (QED) is 0.764. The number of hydrogen-bond acceptors (Lipinski definition) is 2. The summed E-state index contributed by atoms with van der Waals surface area (Å²) in [6, 6.07) is 5.64. The Bertz CT molecular complexity index is 383. The smallest absolute Gasteiger partial charge is 0.142 e. The average molecular weight is 210 g/mol. The van der Waals surface area contributed by atoms with Crippen molar-refractivity contribution in [2.24, 2.45) is 0 Å². The van der Waals surface area contributed by atoms with E-state index in [1.54, 1.807) is 0 Å². The van der Waals surface area contributed by atoms with Gasteiger partial charge in [0.25, 0.3) is 0 Å². The monoisotopic (exact) mass is 210 g/mol. The Morgan fingerprint density at radius 2 is 1.93 bits per heavy atom. The van der Waals surface area contributed by atoms with Gasteiger partial charge in [-0.25, -0.2) is 0 Å². The Kier molecular flexibility index (Phi) is 3.58. The van der Waals surface area contributed by atoms with E-state index in [4.69, 9.17) is 0 Å². The summed E-state index contributed by atoms with van der Waals surface area (Å²) in [6.07, 6.45) is 0. The molecule has 0 aliphatic rings. The second kappa shape index (κ2) is 4.51. The minimum atomic E-state index is -1.18. The first kappa shape index (κ1) is 11.1. The van der Waals surface area contributed by atoms with E-state index in [0.29, 0.717) is 0 Å². The van der Waals surface area contributed by atoms with Gasteiger partial charge in [-0.15, -0.1) is 0 Å². The van der Waals surface area contributed by atoms with E-state index in [9.17, 15) is 9.00 Å². The fourth-order valence-electron chi connectivity index (χ4n) is 1.12. The first-order chi connectivity index (χ1) is 6.50. The molecule has 0 N–H and O–H groups in total. The lowest BCUT2D eigenvalue weighted by Crippen LogP contribution is -2.06. The van der Waals surface area contributed by atoms with Crippen molar-refractivity contribution in [3.05, 3.63) is 29.3 Å². The number of rotatable bonds is 3. The highest BCUT2D eigenvalue weighted by molar-refractivity contribution is 7.85. The summed E-state index contributed by atoms with van der Waals surface area (Å²) in [5, 5.41) is 0. The third-order valence-corrected chi connectivity index (χ3v) is 3.52. The van der Waals surface area contributed by atoms with Crippen LogP contribution in [0.25, 0.3) is 0 Å². The Balaban J connectivity index is 2.91. The molecule has 1 aromatic rings. The summed E-state index contributed by atoms with van der Waals surface area (Å²) in [5.74, 6) is 0.0734. The molecule has 0 aromatic heterocycles. The van der Waals surface area contributed by atoms with Crippen LogP contribution in [0.3, 0.4) is 0 Å². The number of benzene rings is 1. The van der Waals surface area contributed by atoms with Gasteiger partial charge in [-0.2, -0.15) is 0 Å². The van der Waals surface area contributed by atoms with E-state index < -0.39 is 10.8 Å². The first-order valence-electron chi connectivity index (χ1n) is 4.46. The number of Topliss-reactive ketones (excluding diaryl/α,β-unsaturated/α-hetero) is 1. The second-order valence-corrected chi connectivity index (χ2v) is 4.89. The largest absolute Gasteiger partial charge is 0.299 e. The van der Waals surface area contributed by atoms with Crippen LogP contribution in [0.1, 0.15) is 18.1 Å². The molecule has 14 heavy (non-hydrogen) atoms. The molecule has 1 aromatic carbocycles. The van der Waals surface area contributed by atoms with Gasteiger partial charge >= 0.3 is 0 Å². The maximum Gasteiger partial charge on any atom is 0.142 e. The van der Waals surface area contributed by atoms with Crippen molar-refractivity contribution in [1.82, 2.24) is 0 Å².